The molecule has 0 aliphatic rings. The van der Waals surface area contributed by atoms with Gasteiger partial charge in [-0.15, -0.1) is 0 Å². The second-order valence-corrected chi connectivity index (χ2v) is 4.10. The fraction of sp³-hybridized carbons (Fsp3) is 0.429. The van der Waals surface area contributed by atoms with Crippen LogP contribution in [-0.4, -0.2) is 52.6 Å². The van der Waals surface area contributed by atoms with Gasteiger partial charge in [-0.3, -0.25) is 0 Å². The van der Waals surface area contributed by atoms with Crippen molar-refractivity contribution in [2.45, 2.75) is 0 Å². The SMILES string of the molecule is COCCOC(=O)c1cc(N)cc(C(=O)OCCOC)c1. The summed E-state index contributed by atoms with van der Waals surface area (Å²) in [5.41, 5.74) is 6.32. The number of carbonyl (C=O) groups is 2. The van der Waals surface area contributed by atoms with E-state index in [1.54, 1.807) is 0 Å². The smallest absolute Gasteiger partial charge is 0.338 e. The van der Waals surface area contributed by atoms with Crippen molar-refractivity contribution in [2.75, 3.05) is 46.4 Å². The minimum Gasteiger partial charge on any atom is -0.460 e. The number of nitrogen functional groups attached to an aromatic ring is 1. The molecule has 0 heterocycles. The lowest BCUT2D eigenvalue weighted by atomic mass is 10.1. The molecule has 2 N–H and O–H groups in total. The third-order valence-corrected chi connectivity index (χ3v) is 2.47. The number of hydrogen-bond donors (Lipinski definition) is 1. The molecular weight excluding hydrogens is 278 g/mol. The van der Waals surface area contributed by atoms with Gasteiger partial charge in [-0.05, 0) is 18.2 Å². The van der Waals surface area contributed by atoms with E-state index < -0.39 is 11.9 Å². The van der Waals surface area contributed by atoms with Gasteiger partial charge in [0.1, 0.15) is 13.2 Å². The first kappa shape index (κ1) is 16.9. The Kier molecular flexibility index (Phi) is 7.20. The Labute approximate surface area is 122 Å². The Morgan fingerprint density at radius 3 is 1.67 bits per heavy atom. The second-order valence-electron chi connectivity index (χ2n) is 4.10. The van der Waals surface area contributed by atoms with Crippen LogP contribution in [0.1, 0.15) is 20.7 Å². The third kappa shape index (κ3) is 5.80. The summed E-state index contributed by atoms with van der Waals surface area (Å²) in [6.07, 6.45) is 0. The van der Waals surface area contributed by atoms with Gasteiger partial charge in [0.15, 0.2) is 0 Å². The average molecular weight is 297 g/mol. The number of carbonyl (C=O) groups excluding carboxylic acids is 2. The molecule has 0 fully saturated rings. The summed E-state index contributed by atoms with van der Waals surface area (Å²) in [5, 5.41) is 0. The topological polar surface area (TPSA) is 97.1 Å². The zero-order valence-electron chi connectivity index (χ0n) is 12.1. The monoisotopic (exact) mass is 297 g/mol. The highest BCUT2D eigenvalue weighted by atomic mass is 16.6. The lowest BCUT2D eigenvalue weighted by Crippen LogP contribution is -2.13. The molecule has 21 heavy (non-hydrogen) atoms. The zero-order valence-corrected chi connectivity index (χ0v) is 12.1. The first-order chi connectivity index (χ1) is 10.1. The van der Waals surface area contributed by atoms with Gasteiger partial charge in [-0.2, -0.15) is 0 Å². The molecule has 0 atom stereocenters. The molecule has 0 aromatic heterocycles. The summed E-state index contributed by atoms with van der Waals surface area (Å²) in [4.78, 5) is 23.6. The van der Waals surface area contributed by atoms with Gasteiger partial charge in [0.25, 0.3) is 0 Å². The molecule has 1 aromatic rings. The van der Waals surface area contributed by atoms with Gasteiger partial charge in [0.05, 0.1) is 24.3 Å². The van der Waals surface area contributed by atoms with Crippen LogP contribution in [0.15, 0.2) is 18.2 Å². The maximum Gasteiger partial charge on any atom is 0.338 e. The molecule has 0 unspecified atom stereocenters. The van der Waals surface area contributed by atoms with Crippen molar-refractivity contribution in [3.63, 3.8) is 0 Å². The predicted molar refractivity (Wildman–Crippen MR) is 75.2 cm³/mol. The first-order valence-corrected chi connectivity index (χ1v) is 6.31. The Morgan fingerprint density at radius 1 is 0.857 bits per heavy atom. The maximum atomic E-state index is 11.8. The van der Waals surface area contributed by atoms with Crippen LogP contribution in [0, 0.1) is 0 Å². The van der Waals surface area contributed by atoms with E-state index in [-0.39, 0.29) is 30.0 Å². The van der Waals surface area contributed by atoms with Crippen molar-refractivity contribution in [1.82, 2.24) is 0 Å². The second kappa shape index (κ2) is 8.93. The number of nitrogens with two attached hydrogens (primary N) is 1. The van der Waals surface area contributed by atoms with Crippen molar-refractivity contribution in [3.05, 3.63) is 29.3 Å². The van der Waals surface area contributed by atoms with Crippen LogP contribution in [0.3, 0.4) is 0 Å². The summed E-state index contributed by atoms with van der Waals surface area (Å²) in [5.74, 6) is -1.16. The lowest BCUT2D eigenvalue weighted by Gasteiger charge is -2.08. The fourth-order valence-corrected chi connectivity index (χ4v) is 1.49. The van der Waals surface area contributed by atoms with Crippen molar-refractivity contribution in [2.24, 2.45) is 0 Å². The summed E-state index contributed by atoms with van der Waals surface area (Å²) >= 11 is 0. The van der Waals surface area contributed by atoms with Crippen LogP contribution in [-0.2, 0) is 18.9 Å². The molecule has 0 bridgehead atoms. The summed E-state index contributed by atoms with van der Waals surface area (Å²) < 4.78 is 19.5. The minimum atomic E-state index is -0.578. The third-order valence-electron chi connectivity index (χ3n) is 2.47. The zero-order chi connectivity index (χ0) is 15.7. The van der Waals surface area contributed by atoms with Crippen LogP contribution in [0.5, 0.6) is 0 Å². The molecule has 0 aliphatic carbocycles. The summed E-state index contributed by atoms with van der Waals surface area (Å²) in [7, 11) is 3.00. The molecule has 0 saturated carbocycles. The van der Waals surface area contributed by atoms with Gasteiger partial charge in [0, 0.05) is 19.9 Å². The highest BCUT2D eigenvalue weighted by Crippen LogP contribution is 2.14. The standard InChI is InChI=1S/C14H19NO6/c1-18-3-5-20-13(16)10-7-11(9-12(15)8-10)14(17)21-6-4-19-2/h7-9H,3-6,15H2,1-2H3. The van der Waals surface area contributed by atoms with Crippen LogP contribution < -0.4 is 5.73 Å². The normalized spacial score (nSPS) is 10.2. The van der Waals surface area contributed by atoms with Gasteiger partial charge >= 0.3 is 11.9 Å². The number of hydrogen-bond acceptors (Lipinski definition) is 7. The van der Waals surface area contributed by atoms with E-state index in [2.05, 4.69) is 0 Å². The fourth-order valence-electron chi connectivity index (χ4n) is 1.49. The quantitative estimate of drug-likeness (QED) is 0.432. The van der Waals surface area contributed by atoms with E-state index >= 15 is 0 Å². The van der Waals surface area contributed by atoms with E-state index in [1.807, 2.05) is 0 Å². The van der Waals surface area contributed by atoms with Gasteiger partial charge < -0.3 is 24.7 Å². The Bertz CT molecular complexity index is 448. The van der Waals surface area contributed by atoms with Crippen molar-refractivity contribution >= 4 is 17.6 Å². The number of esters is 2. The summed E-state index contributed by atoms with van der Waals surface area (Å²) in [6.45, 7) is 0.829. The molecule has 0 spiro atoms. The average Bonchev–Trinajstić information content (AvgIpc) is 2.47. The van der Waals surface area contributed by atoms with E-state index in [0.717, 1.165) is 0 Å². The van der Waals surface area contributed by atoms with Gasteiger partial charge in [0.2, 0.25) is 0 Å². The molecular formula is C14H19NO6. The number of ether oxygens (including phenoxy) is 4. The Hall–Kier alpha value is -2.12. The van der Waals surface area contributed by atoms with Crippen LogP contribution in [0.2, 0.25) is 0 Å². The van der Waals surface area contributed by atoms with E-state index in [9.17, 15) is 9.59 Å². The molecule has 0 amide bonds. The molecule has 7 nitrogen and oxygen atoms in total. The molecule has 0 aliphatic heterocycles. The lowest BCUT2D eigenvalue weighted by molar-refractivity contribution is 0.0385. The van der Waals surface area contributed by atoms with E-state index in [1.165, 1.54) is 32.4 Å². The molecule has 116 valence electrons. The summed E-state index contributed by atoms with van der Waals surface area (Å²) in [6, 6.07) is 4.24. The number of anilines is 1. The minimum absolute atomic E-state index is 0.123. The van der Waals surface area contributed by atoms with Gasteiger partial charge in [-0.25, -0.2) is 9.59 Å². The molecule has 1 rings (SSSR count). The van der Waals surface area contributed by atoms with Crippen molar-refractivity contribution < 1.29 is 28.5 Å². The van der Waals surface area contributed by atoms with Crippen LogP contribution >= 0.6 is 0 Å². The molecule has 0 radical (unpaired) electrons. The molecule has 7 heteroatoms. The van der Waals surface area contributed by atoms with Crippen molar-refractivity contribution in [3.8, 4) is 0 Å². The van der Waals surface area contributed by atoms with Gasteiger partial charge in [-0.1, -0.05) is 0 Å². The predicted octanol–water partition coefficient (Wildman–Crippen LogP) is 0.875. The molecule has 1 aromatic carbocycles. The Morgan fingerprint density at radius 2 is 1.29 bits per heavy atom. The first-order valence-electron chi connectivity index (χ1n) is 6.31. The van der Waals surface area contributed by atoms with Crippen molar-refractivity contribution in [1.29, 1.82) is 0 Å². The largest absolute Gasteiger partial charge is 0.460 e. The maximum absolute atomic E-state index is 11.8. The highest BCUT2D eigenvalue weighted by molar-refractivity contribution is 5.96. The number of rotatable bonds is 8. The van der Waals surface area contributed by atoms with Crippen LogP contribution in [0.4, 0.5) is 5.69 Å². The number of methoxy groups -OCH3 is 2. The number of benzene rings is 1. The molecule has 0 saturated heterocycles. The highest BCUT2D eigenvalue weighted by Gasteiger charge is 2.14. The Balaban J connectivity index is 2.74. The van der Waals surface area contributed by atoms with E-state index in [0.29, 0.717) is 13.2 Å². The van der Waals surface area contributed by atoms with Crippen LogP contribution in [0.25, 0.3) is 0 Å². The van der Waals surface area contributed by atoms with E-state index in [4.69, 9.17) is 24.7 Å².